The molecule has 1 heterocycles. The highest BCUT2D eigenvalue weighted by molar-refractivity contribution is 5.65. The molecule has 3 fully saturated rings. The van der Waals surface area contributed by atoms with Crippen LogP contribution in [0.3, 0.4) is 0 Å². The van der Waals surface area contributed by atoms with Crippen LogP contribution in [0.1, 0.15) is 58.8 Å². The van der Waals surface area contributed by atoms with Gasteiger partial charge in [-0.2, -0.15) is 0 Å². The summed E-state index contributed by atoms with van der Waals surface area (Å²) in [4.78, 5) is 0. The highest BCUT2D eigenvalue weighted by Crippen LogP contribution is 2.65. The van der Waals surface area contributed by atoms with Crippen LogP contribution in [0, 0.1) is 28.6 Å². The van der Waals surface area contributed by atoms with Crippen molar-refractivity contribution >= 4 is 5.70 Å². The van der Waals surface area contributed by atoms with E-state index in [1.54, 1.807) is 11.8 Å². The average Bonchev–Trinajstić information content (AvgIpc) is 3.22. The van der Waals surface area contributed by atoms with Crippen LogP contribution in [0.15, 0.2) is 30.1 Å². The Bertz CT molecular complexity index is 736. The lowest BCUT2D eigenvalue weighted by Crippen LogP contribution is -2.51. The lowest BCUT2D eigenvalue weighted by atomic mass is 9.46. The molecule has 0 saturated heterocycles. The van der Waals surface area contributed by atoms with E-state index >= 15 is 0 Å². The molecule has 0 bridgehead atoms. The van der Waals surface area contributed by atoms with Gasteiger partial charge in [-0.25, -0.2) is 4.68 Å². The summed E-state index contributed by atoms with van der Waals surface area (Å²) in [6, 6.07) is 0. The molecule has 5 rings (SSSR count). The summed E-state index contributed by atoms with van der Waals surface area (Å²) < 4.78 is 1.97. The van der Waals surface area contributed by atoms with Crippen LogP contribution in [-0.4, -0.2) is 26.2 Å². The minimum Gasteiger partial charge on any atom is -0.393 e. The van der Waals surface area contributed by atoms with Gasteiger partial charge >= 0.3 is 0 Å². The van der Waals surface area contributed by atoms with Crippen LogP contribution in [0.2, 0.25) is 0 Å². The minimum absolute atomic E-state index is 0.0604. The van der Waals surface area contributed by atoms with Gasteiger partial charge in [-0.1, -0.05) is 30.7 Å². The van der Waals surface area contributed by atoms with Crippen molar-refractivity contribution in [3.05, 3.63) is 30.1 Å². The van der Waals surface area contributed by atoms with E-state index < -0.39 is 0 Å². The number of hydrogen-bond acceptors (Lipinski definition) is 3. The molecule has 6 atom stereocenters. The molecular formula is C21H29N3O. The Hall–Kier alpha value is -1.42. The first-order valence-corrected chi connectivity index (χ1v) is 10.00. The minimum atomic E-state index is -0.0604. The first-order chi connectivity index (χ1) is 12.0. The molecule has 25 heavy (non-hydrogen) atoms. The second kappa shape index (κ2) is 5.29. The zero-order valence-electron chi connectivity index (χ0n) is 15.4. The highest BCUT2D eigenvalue weighted by Gasteiger charge is 2.56. The van der Waals surface area contributed by atoms with Gasteiger partial charge in [-0.15, -0.1) is 5.10 Å². The second-order valence-electron chi connectivity index (χ2n) is 9.31. The Morgan fingerprint density at radius 3 is 2.80 bits per heavy atom. The molecule has 4 heteroatoms. The molecule has 1 aromatic rings. The molecule has 1 aromatic heterocycles. The Morgan fingerprint density at radius 1 is 1.12 bits per heavy atom. The molecule has 0 spiro atoms. The molecule has 1 N–H and O–H groups in total. The topological polar surface area (TPSA) is 50.9 Å². The Balaban J connectivity index is 1.46. The maximum atomic E-state index is 10.2. The van der Waals surface area contributed by atoms with E-state index in [0.717, 1.165) is 18.8 Å². The number of aliphatic hydroxyl groups is 1. The highest BCUT2D eigenvalue weighted by atomic mass is 16.3. The largest absolute Gasteiger partial charge is 0.393 e. The van der Waals surface area contributed by atoms with Crippen molar-refractivity contribution in [2.45, 2.75) is 64.9 Å². The van der Waals surface area contributed by atoms with Crippen molar-refractivity contribution in [1.29, 1.82) is 0 Å². The summed E-state index contributed by atoms with van der Waals surface area (Å²) in [5.41, 5.74) is 3.47. The maximum absolute atomic E-state index is 10.2. The van der Waals surface area contributed by atoms with Crippen LogP contribution in [-0.2, 0) is 0 Å². The lowest BCUT2D eigenvalue weighted by molar-refractivity contribution is -0.0786. The second-order valence-corrected chi connectivity index (χ2v) is 9.31. The zero-order valence-corrected chi connectivity index (χ0v) is 15.4. The number of aromatic nitrogens is 3. The molecule has 4 nitrogen and oxygen atoms in total. The SMILES string of the molecule is C[C@]12CC[C@H]3[C@@H](CCC4C[C@@H](O)CC[C@@]43C)C1=CC=C2n1ccnn1. The summed E-state index contributed by atoms with van der Waals surface area (Å²) in [5, 5.41) is 18.4. The fourth-order valence-electron chi connectivity index (χ4n) is 6.88. The number of rotatable bonds is 1. The van der Waals surface area contributed by atoms with Crippen molar-refractivity contribution in [1.82, 2.24) is 15.0 Å². The third-order valence-electron chi connectivity index (χ3n) is 8.31. The lowest BCUT2D eigenvalue weighted by Gasteiger charge is -2.59. The van der Waals surface area contributed by atoms with Gasteiger partial charge in [0.15, 0.2) is 0 Å². The van der Waals surface area contributed by atoms with Crippen LogP contribution in [0.4, 0.5) is 0 Å². The molecule has 0 amide bonds. The van der Waals surface area contributed by atoms with Crippen LogP contribution in [0.25, 0.3) is 5.70 Å². The summed E-state index contributed by atoms with van der Waals surface area (Å²) >= 11 is 0. The first kappa shape index (κ1) is 15.8. The van der Waals surface area contributed by atoms with Gasteiger partial charge in [0.05, 0.1) is 24.2 Å². The van der Waals surface area contributed by atoms with Crippen molar-refractivity contribution in [3.8, 4) is 0 Å². The van der Waals surface area contributed by atoms with Gasteiger partial charge in [-0.3, -0.25) is 0 Å². The van der Waals surface area contributed by atoms with E-state index in [-0.39, 0.29) is 11.5 Å². The van der Waals surface area contributed by atoms with Gasteiger partial charge in [0.2, 0.25) is 0 Å². The maximum Gasteiger partial charge on any atom is 0.0697 e. The van der Waals surface area contributed by atoms with E-state index in [1.165, 1.54) is 37.8 Å². The average molecular weight is 339 g/mol. The third kappa shape index (κ3) is 2.09. The predicted octanol–water partition coefficient (Wildman–Crippen LogP) is 4.05. The van der Waals surface area contributed by atoms with E-state index in [4.69, 9.17) is 0 Å². The molecule has 1 unspecified atom stereocenters. The molecule has 134 valence electrons. The molecular weight excluding hydrogens is 310 g/mol. The van der Waals surface area contributed by atoms with Gasteiger partial charge < -0.3 is 5.11 Å². The van der Waals surface area contributed by atoms with Crippen molar-refractivity contribution in [2.75, 3.05) is 0 Å². The van der Waals surface area contributed by atoms with Gasteiger partial charge in [0, 0.05) is 5.41 Å². The monoisotopic (exact) mass is 339 g/mol. The predicted molar refractivity (Wildman–Crippen MR) is 97.4 cm³/mol. The van der Waals surface area contributed by atoms with Crippen LogP contribution < -0.4 is 0 Å². The number of hydrogen-bond donors (Lipinski definition) is 1. The third-order valence-corrected chi connectivity index (χ3v) is 8.31. The molecule has 3 saturated carbocycles. The fourth-order valence-corrected chi connectivity index (χ4v) is 6.88. The fraction of sp³-hybridized carbons (Fsp3) is 0.714. The van der Waals surface area contributed by atoms with Crippen molar-refractivity contribution in [2.24, 2.45) is 28.6 Å². The van der Waals surface area contributed by atoms with Gasteiger partial charge in [-0.05, 0) is 74.2 Å². The smallest absolute Gasteiger partial charge is 0.0697 e. The molecule has 4 aliphatic rings. The molecule has 0 aromatic carbocycles. The number of allylic oxidation sites excluding steroid dienone is 4. The summed E-state index contributed by atoms with van der Waals surface area (Å²) in [6.45, 7) is 4.94. The van der Waals surface area contributed by atoms with E-state index in [1.807, 2.05) is 10.9 Å². The summed E-state index contributed by atoms with van der Waals surface area (Å²) in [5.74, 6) is 2.20. The van der Waals surface area contributed by atoms with E-state index in [0.29, 0.717) is 17.3 Å². The standard InChI is InChI=1S/C21H29N3O/c1-20-9-7-15(25)13-14(20)3-4-16-17-5-6-19(24-12-11-22-23-24)21(17,2)10-8-18(16)20/h5-6,11-12,14-16,18,25H,3-4,7-10,13H2,1-2H3/t14?,15-,16-,18-,20-,21-/m0/s1. The van der Waals surface area contributed by atoms with Crippen LogP contribution in [0.5, 0.6) is 0 Å². The Labute approximate surface area is 150 Å². The van der Waals surface area contributed by atoms with Crippen LogP contribution >= 0.6 is 0 Å². The summed E-state index contributed by atoms with van der Waals surface area (Å²) in [7, 11) is 0. The number of nitrogens with zero attached hydrogens (tertiary/aromatic N) is 3. The molecule has 4 aliphatic carbocycles. The number of fused-ring (bicyclic) bond motifs is 5. The Kier molecular flexibility index (Phi) is 3.35. The van der Waals surface area contributed by atoms with Crippen molar-refractivity contribution in [3.63, 3.8) is 0 Å². The molecule has 0 aliphatic heterocycles. The Morgan fingerprint density at radius 2 is 2.00 bits per heavy atom. The van der Waals surface area contributed by atoms with E-state index in [9.17, 15) is 5.11 Å². The van der Waals surface area contributed by atoms with Gasteiger partial charge in [0.1, 0.15) is 0 Å². The number of aliphatic hydroxyl groups excluding tert-OH is 1. The normalized spacial score (nSPS) is 45.9. The molecule has 0 radical (unpaired) electrons. The van der Waals surface area contributed by atoms with Crippen molar-refractivity contribution < 1.29 is 5.11 Å². The quantitative estimate of drug-likeness (QED) is 0.839. The summed E-state index contributed by atoms with van der Waals surface area (Å²) in [6.07, 6.45) is 16.7. The zero-order chi connectivity index (χ0) is 17.2. The first-order valence-electron chi connectivity index (χ1n) is 10.00. The van der Waals surface area contributed by atoms with Gasteiger partial charge in [0.25, 0.3) is 0 Å². The van der Waals surface area contributed by atoms with E-state index in [2.05, 4.69) is 36.3 Å².